The highest BCUT2D eigenvalue weighted by Gasteiger charge is 2.27. The maximum Gasteiger partial charge on any atom is 0.139 e. The molecular weight excluding hydrogens is 273 g/mol. The highest BCUT2D eigenvalue weighted by molar-refractivity contribution is 6.35. The summed E-state index contributed by atoms with van der Waals surface area (Å²) in [7, 11) is 0. The van der Waals surface area contributed by atoms with E-state index in [-0.39, 0.29) is 16.8 Å². The number of imidazole rings is 1. The molecule has 3 rings (SSSR count). The van der Waals surface area contributed by atoms with Crippen molar-refractivity contribution in [2.24, 2.45) is 0 Å². The number of aromatic amines is 1. The van der Waals surface area contributed by atoms with E-state index in [1.807, 2.05) is 0 Å². The molecule has 0 fully saturated rings. The van der Waals surface area contributed by atoms with Crippen molar-refractivity contribution in [2.45, 2.75) is 12.5 Å². The predicted molar refractivity (Wildman–Crippen MR) is 70.3 cm³/mol. The molecule has 1 aliphatic rings. The summed E-state index contributed by atoms with van der Waals surface area (Å²) in [5.74, 6) is 0.0504. The SMILES string of the molecule is Oc1c(Cl)cc(Cl)cc1[C@H]1NCCc2[nH]cnc21. The second kappa shape index (κ2) is 4.46. The molecule has 1 atom stereocenters. The first-order chi connectivity index (χ1) is 8.66. The van der Waals surface area contributed by atoms with Crippen molar-refractivity contribution in [2.75, 3.05) is 6.54 Å². The van der Waals surface area contributed by atoms with Gasteiger partial charge in [0.1, 0.15) is 5.75 Å². The van der Waals surface area contributed by atoms with Gasteiger partial charge in [0.25, 0.3) is 0 Å². The van der Waals surface area contributed by atoms with E-state index >= 15 is 0 Å². The lowest BCUT2D eigenvalue weighted by molar-refractivity contribution is 0.452. The van der Waals surface area contributed by atoms with Gasteiger partial charge < -0.3 is 15.4 Å². The minimum atomic E-state index is -0.184. The summed E-state index contributed by atoms with van der Waals surface area (Å²) < 4.78 is 0. The Balaban J connectivity index is 2.13. The molecule has 2 heterocycles. The Bertz CT molecular complexity index is 597. The Morgan fingerprint density at radius 2 is 2.17 bits per heavy atom. The van der Waals surface area contributed by atoms with Crippen molar-refractivity contribution in [3.05, 3.63) is 45.5 Å². The number of aromatic hydroxyl groups is 1. The molecule has 0 saturated heterocycles. The summed E-state index contributed by atoms with van der Waals surface area (Å²) in [6, 6.07) is 3.05. The summed E-state index contributed by atoms with van der Waals surface area (Å²) in [6.07, 6.45) is 2.55. The quantitative estimate of drug-likeness (QED) is 0.754. The normalized spacial score (nSPS) is 18.7. The lowest BCUT2D eigenvalue weighted by Gasteiger charge is -2.24. The molecule has 6 heteroatoms. The van der Waals surface area contributed by atoms with E-state index in [2.05, 4.69) is 15.3 Å². The number of hydrogen-bond donors (Lipinski definition) is 3. The van der Waals surface area contributed by atoms with Crippen LogP contribution in [0.5, 0.6) is 5.75 Å². The molecule has 0 bridgehead atoms. The maximum absolute atomic E-state index is 10.1. The van der Waals surface area contributed by atoms with Crippen molar-refractivity contribution >= 4 is 23.2 Å². The summed E-state index contributed by atoms with van der Waals surface area (Å²) in [5.41, 5.74) is 2.62. The van der Waals surface area contributed by atoms with Crippen LogP contribution in [0.15, 0.2) is 18.5 Å². The second-order valence-corrected chi connectivity index (χ2v) is 5.07. The molecule has 0 spiro atoms. The molecule has 0 saturated carbocycles. The van der Waals surface area contributed by atoms with Crippen molar-refractivity contribution < 1.29 is 5.11 Å². The van der Waals surface area contributed by atoms with Crippen LogP contribution in [0.25, 0.3) is 0 Å². The smallest absolute Gasteiger partial charge is 0.139 e. The van der Waals surface area contributed by atoms with Crippen molar-refractivity contribution in [3.63, 3.8) is 0 Å². The number of phenolic OH excluding ortho intramolecular Hbond substituents is 1. The van der Waals surface area contributed by atoms with E-state index in [1.165, 1.54) is 6.07 Å². The Morgan fingerprint density at radius 1 is 1.33 bits per heavy atom. The largest absolute Gasteiger partial charge is 0.506 e. The van der Waals surface area contributed by atoms with Crippen LogP contribution in [0.2, 0.25) is 10.0 Å². The van der Waals surface area contributed by atoms with Gasteiger partial charge in [-0.1, -0.05) is 23.2 Å². The van der Waals surface area contributed by atoms with Gasteiger partial charge >= 0.3 is 0 Å². The van der Waals surface area contributed by atoms with Gasteiger partial charge in [-0.3, -0.25) is 0 Å². The first-order valence-electron chi connectivity index (χ1n) is 5.60. The predicted octanol–water partition coefficient (Wildman–Crippen LogP) is 2.66. The lowest BCUT2D eigenvalue weighted by atomic mass is 9.97. The average molecular weight is 284 g/mol. The van der Waals surface area contributed by atoms with Gasteiger partial charge in [0.05, 0.1) is 23.1 Å². The Morgan fingerprint density at radius 3 is 3.00 bits per heavy atom. The monoisotopic (exact) mass is 283 g/mol. The molecule has 1 aromatic heterocycles. The van der Waals surface area contributed by atoms with Crippen LogP contribution in [0, 0.1) is 0 Å². The molecule has 2 aromatic rings. The van der Waals surface area contributed by atoms with Gasteiger partial charge in [0.2, 0.25) is 0 Å². The zero-order valence-corrected chi connectivity index (χ0v) is 10.9. The van der Waals surface area contributed by atoms with Crippen molar-refractivity contribution in [3.8, 4) is 5.75 Å². The fourth-order valence-corrected chi connectivity index (χ4v) is 2.79. The van der Waals surface area contributed by atoms with Crippen LogP contribution in [0.3, 0.4) is 0 Å². The van der Waals surface area contributed by atoms with Crippen LogP contribution in [-0.4, -0.2) is 21.6 Å². The fourth-order valence-electron chi connectivity index (χ4n) is 2.28. The second-order valence-electron chi connectivity index (χ2n) is 4.23. The average Bonchev–Trinajstić information content (AvgIpc) is 2.81. The van der Waals surface area contributed by atoms with Crippen LogP contribution in [0.4, 0.5) is 0 Å². The highest BCUT2D eigenvalue weighted by Crippen LogP contribution is 2.38. The van der Waals surface area contributed by atoms with Crippen LogP contribution in [-0.2, 0) is 6.42 Å². The minimum Gasteiger partial charge on any atom is -0.506 e. The molecule has 3 N–H and O–H groups in total. The number of aromatic nitrogens is 2. The molecule has 4 nitrogen and oxygen atoms in total. The summed E-state index contributed by atoms with van der Waals surface area (Å²) >= 11 is 11.9. The molecule has 0 aliphatic carbocycles. The molecule has 1 aromatic carbocycles. The molecular formula is C12H11Cl2N3O. The van der Waals surface area contributed by atoms with Gasteiger partial charge in [0, 0.05) is 29.2 Å². The number of hydrogen-bond acceptors (Lipinski definition) is 3. The molecule has 1 aliphatic heterocycles. The van der Waals surface area contributed by atoms with Gasteiger partial charge in [-0.05, 0) is 12.1 Å². The van der Waals surface area contributed by atoms with Gasteiger partial charge in [-0.25, -0.2) is 4.98 Å². The minimum absolute atomic E-state index is 0.0504. The van der Waals surface area contributed by atoms with Crippen molar-refractivity contribution in [1.29, 1.82) is 0 Å². The summed E-state index contributed by atoms with van der Waals surface area (Å²) in [4.78, 5) is 7.41. The third-order valence-corrected chi connectivity index (χ3v) is 3.62. The highest BCUT2D eigenvalue weighted by atomic mass is 35.5. The van der Waals surface area contributed by atoms with E-state index in [0.29, 0.717) is 10.6 Å². The van der Waals surface area contributed by atoms with Crippen molar-refractivity contribution in [1.82, 2.24) is 15.3 Å². The number of nitrogens with zero attached hydrogens (tertiary/aromatic N) is 1. The Kier molecular flexibility index (Phi) is 2.93. The molecule has 0 unspecified atom stereocenters. The molecule has 0 amide bonds. The Hall–Kier alpha value is -1.23. The maximum atomic E-state index is 10.1. The fraction of sp³-hybridized carbons (Fsp3) is 0.250. The lowest BCUT2D eigenvalue weighted by Crippen LogP contribution is -2.30. The van der Waals surface area contributed by atoms with E-state index in [0.717, 1.165) is 24.4 Å². The number of halogens is 2. The van der Waals surface area contributed by atoms with E-state index in [9.17, 15) is 5.11 Å². The van der Waals surface area contributed by atoms with E-state index in [1.54, 1.807) is 12.4 Å². The standard InChI is InChI=1S/C12H11Cl2N3O/c13-6-3-7(12(18)8(14)4-6)10-11-9(1-2-15-10)16-5-17-11/h3-5,10,15,18H,1-2H2,(H,16,17)/t10-/m1/s1. The van der Waals surface area contributed by atoms with E-state index < -0.39 is 0 Å². The van der Waals surface area contributed by atoms with Gasteiger partial charge in [0.15, 0.2) is 0 Å². The number of fused-ring (bicyclic) bond motifs is 1. The summed E-state index contributed by atoms with van der Waals surface area (Å²) in [6.45, 7) is 0.809. The molecule has 18 heavy (non-hydrogen) atoms. The number of benzene rings is 1. The zero-order chi connectivity index (χ0) is 12.7. The first-order valence-corrected chi connectivity index (χ1v) is 6.36. The number of phenols is 1. The topological polar surface area (TPSA) is 60.9 Å². The van der Waals surface area contributed by atoms with Crippen LogP contribution >= 0.6 is 23.2 Å². The number of nitrogens with one attached hydrogen (secondary N) is 2. The first kappa shape index (κ1) is 11.8. The number of rotatable bonds is 1. The van der Waals surface area contributed by atoms with Crippen LogP contribution < -0.4 is 5.32 Å². The Labute approximate surface area is 114 Å². The van der Waals surface area contributed by atoms with Crippen LogP contribution in [0.1, 0.15) is 23.0 Å². The third-order valence-electron chi connectivity index (χ3n) is 3.12. The number of H-pyrrole nitrogens is 1. The summed E-state index contributed by atoms with van der Waals surface area (Å²) in [5, 5.41) is 14.1. The third kappa shape index (κ3) is 1.86. The molecule has 94 valence electrons. The van der Waals surface area contributed by atoms with Gasteiger partial charge in [-0.15, -0.1) is 0 Å². The van der Waals surface area contributed by atoms with E-state index in [4.69, 9.17) is 23.2 Å². The zero-order valence-electron chi connectivity index (χ0n) is 9.37. The van der Waals surface area contributed by atoms with Gasteiger partial charge in [-0.2, -0.15) is 0 Å². The molecule has 0 radical (unpaired) electrons.